The van der Waals surface area contributed by atoms with Crippen LogP contribution in [0.25, 0.3) is 0 Å². The molecule has 1 amide bonds. The van der Waals surface area contributed by atoms with E-state index in [9.17, 15) is 13.2 Å². The van der Waals surface area contributed by atoms with Crippen molar-refractivity contribution in [2.75, 3.05) is 20.8 Å². The summed E-state index contributed by atoms with van der Waals surface area (Å²) in [6, 6.07) is 9.71. The van der Waals surface area contributed by atoms with Crippen LogP contribution in [0.1, 0.15) is 5.69 Å². The number of nitrogens with one attached hydrogen (secondary N) is 2. The molecule has 0 aliphatic heterocycles. The average Bonchev–Trinajstić information content (AvgIpc) is 2.65. The maximum absolute atomic E-state index is 12.4. The Labute approximate surface area is 146 Å². The third-order valence-electron chi connectivity index (χ3n) is 3.28. The highest BCUT2D eigenvalue weighted by Crippen LogP contribution is 2.27. The number of nitrogens with zero attached hydrogens (tertiary/aromatic N) is 1. The van der Waals surface area contributed by atoms with Crippen LogP contribution in [0.2, 0.25) is 0 Å². The zero-order valence-corrected chi connectivity index (χ0v) is 14.7. The molecular formula is C16H19N3O5S. The van der Waals surface area contributed by atoms with Gasteiger partial charge in [0.15, 0.2) is 0 Å². The van der Waals surface area contributed by atoms with E-state index in [4.69, 9.17) is 9.47 Å². The van der Waals surface area contributed by atoms with Crippen LogP contribution in [0.3, 0.4) is 0 Å². The molecule has 2 rings (SSSR count). The fourth-order valence-electron chi connectivity index (χ4n) is 1.99. The monoisotopic (exact) mass is 365 g/mol. The van der Waals surface area contributed by atoms with E-state index in [1.165, 1.54) is 26.4 Å². The van der Waals surface area contributed by atoms with Crippen molar-refractivity contribution in [1.29, 1.82) is 0 Å². The Bertz CT molecular complexity index is 825. The largest absolute Gasteiger partial charge is 0.497 e. The zero-order chi connectivity index (χ0) is 18.3. The first-order valence-corrected chi connectivity index (χ1v) is 8.83. The Morgan fingerprint density at radius 3 is 2.60 bits per heavy atom. The van der Waals surface area contributed by atoms with Gasteiger partial charge in [-0.2, -0.15) is 0 Å². The molecule has 0 aliphatic carbocycles. The summed E-state index contributed by atoms with van der Waals surface area (Å²) in [5.74, 6) is 0.0408. The first kappa shape index (κ1) is 18.7. The minimum atomic E-state index is -3.95. The normalized spacial score (nSPS) is 11.0. The highest BCUT2D eigenvalue weighted by molar-refractivity contribution is 7.89. The van der Waals surface area contributed by atoms with Gasteiger partial charge in [-0.25, -0.2) is 13.1 Å². The average molecular weight is 365 g/mol. The summed E-state index contributed by atoms with van der Waals surface area (Å²) in [4.78, 5) is 15.8. The molecule has 9 heteroatoms. The molecule has 134 valence electrons. The van der Waals surface area contributed by atoms with Gasteiger partial charge in [-0.3, -0.25) is 9.78 Å². The quantitative estimate of drug-likeness (QED) is 0.713. The van der Waals surface area contributed by atoms with Crippen molar-refractivity contribution in [3.63, 3.8) is 0 Å². The van der Waals surface area contributed by atoms with Gasteiger partial charge >= 0.3 is 0 Å². The molecule has 8 nitrogen and oxygen atoms in total. The summed E-state index contributed by atoms with van der Waals surface area (Å²) in [6.45, 7) is -0.195. The Morgan fingerprint density at radius 1 is 1.16 bits per heavy atom. The molecule has 1 aromatic carbocycles. The van der Waals surface area contributed by atoms with Crippen LogP contribution in [-0.2, 0) is 21.4 Å². The smallest absolute Gasteiger partial charge is 0.244 e. The summed E-state index contributed by atoms with van der Waals surface area (Å²) in [5.41, 5.74) is 0.674. The first-order chi connectivity index (χ1) is 12.0. The van der Waals surface area contributed by atoms with E-state index in [0.29, 0.717) is 11.4 Å². The van der Waals surface area contributed by atoms with Crippen molar-refractivity contribution in [3.8, 4) is 11.5 Å². The first-order valence-electron chi connectivity index (χ1n) is 7.34. The Kier molecular flexibility index (Phi) is 6.31. The molecule has 1 aromatic heterocycles. The molecule has 0 radical (unpaired) electrons. The van der Waals surface area contributed by atoms with E-state index < -0.39 is 22.5 Å². The maximum Gasteiger partial charge on any atom is 0.244 e. The van der Waals surface area contributed by atoms with Crippen LogP contribution >= 0.6 is 0 Å². The lowest BCUT2D eigenvalue weighted by Crippen LogP contribution is -2.36. The van der Waals surface area contributed by atoms with Gasteiger partial charge in [0, 0.05) is 12.3 Å². The van der Waals surface area contributed by atoms with Crippen molar-refractivity contribution in [2.45, 2.75) is 11.4 Å². The number of aromatic nitrogens is 1. The Morgan fingerprint density at radius 2 is 1.96 bits per heavy atom. The molecule has 0 saturated carbocycles. The highest BCUT2D eigenvalue weighted by Gasteiger charge is 2.21. The number of hydrogen-bond donors (Lipinski definition) is 2. The Hall–Kier alpha value is -2.65. The van der Waals surface area contributed by atoms with E-state index in [0.717, 1.165) is 0 Å². The molecule has 0 fully saturated rings. The second-order valence-corrected chi connectivity index (χ2v) is 6.67. The number of sulfonamides is 1. The number of hydrogen-bond acceptors (Lipinski definition) is 6. The standard InChI is InChI=1S/C16H19N3O5S/c1-23-13-6-7-14(24-2)15(9-13)25(21,22)19-11-16(20)18-10-12-5-3-4-8-17-12/h3-9,19H,10-11H2,1-2H3,(H,18,20). The fourth-order valence-corrected chi connectivity index (χ4v) is 3.15. The number of rotatable bonds is 8. The summed E-state index contributed by atoms with van der Waals surface area (Å²) in [7, 11) is -1.16. The van der Waals surface area contributed by atoms with Crippen LogP contribution in [0.5, 0.6) is 11.5 Å². The van der Waals surface area contributed by atoms with Crippen LogP contribution in [0, 0.1) is 0 Å². The summed E-state index contributed by atoms with van der Waals surface area (Å²) >= 11 is 0. The molecule has 0 atom stereocenters. The van der Waals surface area contributed by atoms with Gasteiger partial charge in [0.05, 0.1) is 33.0 Å². The van der Waals surface area contributed by atoms with Crippen molar-refractivity contribution >= 4 is 15.9 Å². The third kappa shape index (κ3) is 5.16. The number of amides is 1. The van der Waals surface area contributed by atoms with Gasteiger partial charge < -0.3 is 14.8 Å². The zero-order valence-electron chi connectivity index (χ0n) is 13.9. The van der Waals surface area contributed by atoms with E-state index in [2.05, 4.69) is 15.0 Å². The van der Waals surface area contributed by atoms with Crippen LogP contribution in [0.15, 0.2) is 47.5 Å². The van der Waals surface area contributed by atoms with Crippen LogP contribution in [-0.4, -0.2) is 40.1 Å². The van der Waals surface area contributed by atoms with Gasteiger partial charge in [-0.05, 0) is 24.3 Å². The topological polar surface area (TPSA) is 107 Å². The number of pyridine rings is 1. The van der Waals surface area contributed by atoms with Crippen molar-refractivity contribution in [3.05, 3.63) is 48.3 Å². The van der Waals surface area contributed by atoms with E-state index in [1.54, 1.807) is 30.5 Å². The molecule has 0 saturated heterocycles. The van der Waals surface area contributed by atoms with E-state index >= 15 is 0 Å². The summed E-state index contributed by atoms with van der Waals surface area (Å²) in [6.07, 6.45) is 1.61. The fraction of sp³-hybridized carbons (Fsp3) is 0.250. The predicted molar refractivity (Wildman–Crippen MR) is 90.8 cm³/mol. The third-order valence-corrected chi connectivity index (χ3v) is 4.70. The van der Waals surface area contributed by atoms with Crippen molar-refractivity contribution < 1.29 is 22.7 Å². The number of ether oxygens (including phenoxy) is 2. The van der Waals surface area contributed by atoms with Gasteiger partial charge in [-0.15, -0.1) is 0 Å². The van der Waals surface area contributed by atoms with Gasteiger partial charge in [-0.1, -0.05) is 6.07 Å². The Balaban J connectivity index is 2.00. The van der Waals surface area contributed by atoms with Crippen molar-refractivity contribution in [1.82, 2.24) is 15.0 Å². The minimum Gasteiger partial charge on any atom is -0.497 e. The number of carbonyl (C=O) groups is 1. The molecule has 0 unspecified atom stereocenters. The van der Waals surface area contributed by atoms with Gasteiger partial charge in [0.2, 0.25) is 15.9 Å². The molecule has 2 N–H and O–H groups in total. The number of benzene rings is 1. The van der Waals surface area contributed by atoms with Crippen LogP contribution in [0.4, 0.5) is 0 Å². The molecule has 0 aliphatic rings. The van der Waals surface area contributed by atoms with E-state index in [1.807, 2.05) is 0 Å². The molecule has 0 spiro atoms. The lowest BCUT2D eigenvalue weighted by Gasteiger charge is -2.12. The molecule has 0 bridgehead atoms. The maximum atomic E-state index is 12.4. The van der Waals surface area contributed by atoms with Gasteiger partial charge in [0.1, 0.15) is 16.4 Å². The minimum absolute atomic E-state index is 0.105. The summed E-state index contributed by atoms with van der Waals surface area (Å²) in [5, 5.41) is 2.59. The number of methoxy groups -OCH3 is 2. The van der Waals surface area contributed by atoms with Crippen molar-refractivity contribution in [2.24, 2.45) is 0 Å². The molecule has 2 aromatic rings. The second-order valence-electron chi connectivity index (χ2n) is 4.94. The molecule has 25 heavy (non-hydrogen) atoms. The lowest BCUT2D eigenvalue weighted by molar-refractivity contribution is -0.120. The lowest BCUT2D eigenvalue weighted by atomic mass is 10.3. The van der Waals surface area contributed by atoms with Gasteiger partial charge in [0.25, 0.3) is 0 Å². The SMILES string of the molecule is COc1ccc(OC)c(S(=O)(=O)NCC(=O)NCc2ccccn2)c1. The molecule has 1 heterocycles. The predicted octanol–water partition coefficient (Wildman–Crippen LogP) is 0.693. The summed E-state index contributed by atoms with van der Waals surface area (Å²) < 4.78 is 37.2. The van der Waals surface area contributed by atoms with Crippen LogP contribution < -0.4 is 19.5 Å². The highest BCUT2D eigenvalue weighted by atomic mass is 32.2. The second kappa shape index (κ2) is 8.45. The van der Waals surface area contributed by atoms with E-state index in [-0.39, 0.29) is 17.2 Å². The number of carbonyl (C=O) groups excluding carboxylic acids is 1. The molecular weight excluding hydrogens is 346 g/mol.